The number of aryl methyl sites for hydroxylation is 1. The zero-order chi connectivity index (χ0) is 9.14. The van der Waals surface area contributed by atoms with Gasteiger partial charge < -0.3 is 5.11 Å². The second kappa shape index (κ2) is 4.26. The molecular formula is C9H13ClOS. The summed E-state index contributed by atoms with van der Waals surface area (Å²) in [4.78, 5) is 0.913. The van der Waals surface area contributed by atoms with Crippen LogP contribution in [0.25, 0.3) is 0 Å². The molecule has 0 fully saturated rings. The fourth-order valence-electron chi connectivity index (χ4n) is 1.08. The van der Waals surface area contributed by atoms with Crippen molar-refractivity contribution in [3.05, 3.63) is 20.8 Å². The van der Waals surface area contributed by atoms with Gasteiger partial charge in [-0.05, 0) is 24.3 Å². The van der Waals surface area contributed by atoms with Crippen molar-refractivity contribution in [1.82, 2.24) is 0 Å². The highest BCUT2D eigenvalue weighted by Crippen LogP contribution is 2.34. The molecule has 0 saturated carbocycles. The zero-order valence-corrected chi connectivity index (χ0v) is 8.87. The standard InChI is InChI=1S/C9H13ClOS/c1-3-4-7(11)9-8(10)6(2)5-12-9/h5,7,11H,3-4H2,1-2H3. The summed E-state index contributed by atoms with van der Waals surface area (Å²) in [7, 11) is 0. The van der Waals surface area contributed by atoms with Gasteiger partial charge in [0.05, 0.1) is 16.0 Å². The lowest BCUT2D eigenvalue weighted by Crippen LogP contribution is -1.93. The van der Waals surface area contributed by atoms with Gasteiger partial charge in [0.25, 0.3) is 0 Å². The number of hydrogen-bond donors (Lipinski definition) is 1. The minimum Gasteiger partial charge on any atom is -0.388 e. The van der Waals surface area contributed by atoms with Crippen LogP contribution in [0.4, 0.5) is 0 Å². The number of rotatable bonds is 3. The summed E-state index contributed by atoms with van der Waals surface area (Å²) in [6.45, 7) is 4.01. The predicted octanol–water partition coefficient (Wildman–Crippen LogP) is 3.54. The molecule has 0 aromatic carbocycles. The first-order chi connectivity index (χ1) is 5.66. The van der Waals surface area contributed by atoms with Crippen LogP contribution < -0.4 is 0 Å². The Kier molecular flexibility index (Phi) is 3.56. The average Bonchev–Trinajstić information content (AvgIpc) is 2.34. The molecule has 1 aromatic rings. The third kappa shape index (κ3) is 2.00. The maximum Gasteiger partial charge on any atom is 0.0897 e. The third-order valence-corrected chi connectivity index (χ3v) is 3.61. The molecule has 1 atom stereocenters. The van der Waals surface area contributed by atoms with Crippen molar-refractivity contribution in [2.75, 3.05) is 0 Å². The summed E-state index contributed by atoms with van der Waals surface area (Å²) in [5, 5.41) is 12.4. The van der Waals surface area contributed by atoms with Gasteiger partial charge in [-0.1, -0.05) is 24.9 Å². The van der Waals surface area contributed by atoms with Crippen molar-refractivity contribution in [3.63, 3.8) is 0 Å². The van der Waals surface area contributed by atoms with Crippen LogP contribution in [0.15, 0.2) is 5.38 Å². The summed E-state index contributed by atoms with van der Waals surface area (Å²) in [5.74, 6) is 0. The summed E-state index contributed by atoms with van der Waals surface area (Å²) in [6, 6.07) is 0. The second-order valence-electron chi connectivity index (χ2n) is 2.90. The minimum absolute atomic E-state index is 0.374. The molecule has 0 aliphatic carbocycles. The lowest BCUT2D eigenvalue weighted by molar-refractivity contribution is 0.170. The van der Waals surface area contributed by atoms with E-state index in [0.29, 0.717) is 0 Å². The van der Waals surface area contributed by atoms with Crippen molar-refractivity contribution in [2.24, 2.45) is 0 Å². The molecular weight excluding hydrogens is 192 g/mol. The Hall–Kier alpha value is -0.0500. The Labute approximate surface area is 82.0 Å². The van der Waals surface area contributed by atoms with E-state index < -0.39 is 0 Å². The van der Waals surface area contributed by atoms with Crippen LogP contribution in [0.2, 0.25) is 5.02 Å². The Morgan fingerprint density at radius 2 is 2.33 bits per heavy atom. The first kappa shape index (κ1) is 10.0. The van der Waals surface area contributed by atoms with E-state index >= 15 is 0 Å². The molecule has 0 bridgehead atoms. The first-order valence-electron chi connectivity index (χ1n) is 4.08. The van der Waals surface area contributed by atoms with Crippen LogP contribution in [0.1, 0.15) is 36.3 Å². The van der Waals surface area contributed by atoms with Gasteiger partial charge >= 0.3 is 0 Å². The maximum atomic E-state index is 9.64. The Balaban J connectivity index is 2.80. The third-order valence-electron chi connectivity index (χ3n) is 1.79. The van der Waals surface area contributed by atoms with Gasteiger partial charge in [0.2, 0.25) is 0 Å². The molecule has 0 aliphatic heterocycles. The van der Waals surface area contributed by atoms with Crippen molar-refractivity contribution < 1.29 is 5.11 Å². The molecule has 0 radical (unpaired) electrons. The van der Waals surface area contributed by atoms with Gasteiger partial charge in [0.15, 0.2) is 0 Å². The molecule has 68 valence electrons. The monoisotopic (exact) mass is 204 g/mol. The summed E-state index contributed by atoms with van der Waals surface area (Å²) >= 11 is 7.53. The molecule has 0 amide bonds. The normalized spacial score (nSPS) is 13.3. The molecule has 1 nitrogen and oxygen atoms in total. The molecule has 12 heavy (non-hydrogen) atoms. The molecule has 1 unspecified atom stereocenters. The number of aliphatic hydroxyl groups is 1. The summed E-state index contributed by atoms with van der Waals surface area (Å²) in [5.41, 5.74) is 1.06. The highest BCUT2D eigenvalue weighted by Gasteiger charge is 2.13. The molecule has 1 rings (SSSR count). The Morgan fingerprint density at radius 3 is 2.75 bits per heavy atom. The van der Waals surface area contributed by atoms with Crippen LogP contribution in [-0.2, 0) is 0 Å². The SMILES string of the molecule is CCCC(O)c1scc(C)c1Cl. The van der Waals surface area contributed by atoms with E-state index in [-0.39, 0.29) is 6.10 Å². The minimum atomic E-state index is -0.374. The lowest BCUT2D eigenvalue weighted by atomic mass is 10.1. The average molecular weight is 205 g/mol. The summed E-state index contributed by atoms with van der Waals surface area (Å²) < 4.78 is 0. The van der Waals surface area contributed by atoms with Crippen molar-refractivity contribution in [1.29, 1.82) is 0 Å². The Bertz CT molecular complexity index is 257. The smallest absolute Gasteiger partial charge is 0.0897 e. The van der Waals surface area contributed by atoms with Crippen LogP contribution in [-0.4, -0.2) is 5.11 Å². The zero-order valence-electron chi connectivity index (χ0n) is 7.30. The van der Waals surface area contributed by atoms with E-state index in [1.807, 2.05) is 12.3 Å². The lowest BCUT2D eigenvalue weighted by Gasteiger charge is -2.06. The van der Waals surface area contributed by atoms with Crippen LogP contribution in [0.5, 0.6) is 0 Å². The van der Waals surface area contributed by atoms with Gasteiger partial charge in [0, 0.05) is 0 Å². The number of halogens is 1. The first-order valence-corrected chi connectivity index (χ1v) is 5.34. The topological polar surface area (TPSA) is 20.2 Å². The van der Waals surface area contributed by atoms with E-state index in [0.717, 1.165) is 28.3 Å². The molecule has 0 saturated heterocycles. The summed E-state index contributed by atoms with van der Waals surface area (Å²) in [6.07, 6.45) is 1.40. The molecule has 3 heteroatoms. The fraction of sp³-hybridized carbons (Fsp3) is 0.556. The molecule has 1 aromatic heterocycles. The van der Waals surface area contributed by atoms with Gasteiger partial charge in [-0.2, -0.15) is 0 Å². The molecule has 1 N–H and O–H groups in total. The van der Waals surface area contributed by atoms with Gasteiger partial charge in [0.1, 0.15) is 0 Å². The maximum absolute atomic E-state index is 9.64. The van der Waals surface area contributed by atoms with E-state index in [4.69, 9.17) is 11.6 Å². The number of aliphatic hydroxyl groups excluding tert-OH is 1. The number of thiophene rings is 1. The highest BCUT2D eigenvalue weighted by molar-refractivity contribution is 7.10. The van der Waals surface area contributed by atoms with E-state index in [2.05, 4.69) is 6.92 Å². The van der Waals surface area contributed by atoms with Crippen molar-refractivity contribution >= 4 is 22.9 Å². The van der Waals surface area contributed by atoms with Gasteiger partial charge in [-0.25, -0.2) is 0 Å². The van der Waals surface area contributed by atoms with Crippen molar-refractivity contribution in [2.45, 2.75) is 32.8 Å². The van der Waals surface area contributed by atoms with Crippen LogP contribution in [0, 0.1) is 6.92 Å². The van der Waals surface area contributed by atoms with Crippen molar-refractivity contribution in [3.8, 4) is 0 Å². The molecule has 0 aliphatic rings. The largest absolute Gasteiger partial charge is 0.388 e. The molecule has 1 heterocycles. The Morgan fingerprint density at radius 1 is 1.67 bits per heavy atom. The predicted molar refractivity (Wildman–Crippen MR) is 53.9 cm³/mol. The van der Waals surface area contributed by atoms with Crippen LogP contribution in [0.3, 0.4) is 0 Å². The fourth-order valence-corrected chi connectivity index (χ4v) is 2.42. The van der Waals surface area contributed by atoms with E-state index in [1.165, 1.54) is 0 Å². The number of hydrogen-bond acceptors (Lipinski definition) is 2. The highest BCUT2D eigenvalue weighted by atomic mass is 35.5. The van der Waals surface area contributed by atoms with E-state index in [1.54, 1.807) is 11.3 Å². The van der Waals surface area contributed by atoms with E-state index in [9.17, 15) is 5.11 Å². The van der Waals surface area contributed by atoms with Gasteiger partial charge in [-0.3, -0.25) is 0 Å². The van der Waals surface area contributed by atoms with Crippen LogP contribution >= 0.6 is 22.9 Å². The quantitative estimate of drug-likeness (QED) is 0.799. The van der Waals surface area contributed by atoms with Gasteiger partial charge in [-0.15, -0.1) is 11.3 Å². The second-order valence-corrected chi connectivity index (χ2v) is 4.19. The molecule has 0 spiro atoms.